The molecule has 2 N–H and O–H groups in total. The highest BCUT2D eigenvalue weighted by Gasteiger charge is 2.11. The number of hydrogen-bond donors (Lipinski definition) is 2. The van der Waals surface area contributed by atoms with Crippen LogP contribution >= 0.6 is 0 Å². The zero-order chi connectivity index (χ0) is 19.1. The maximum Gasteiger partial charge on any atom is 0.303 e. The summed E-state index contributed by atoms with van der Waals surface area (Å²) in [6.45, 7) is 4.17. The molecule has 0 aromatic rings. The van der Waals surface area contributed by atoms with Gasteiger partial charge in [0.05, 0.1) is 6.61 Å². The van der Waals surface area contributed by atoms with Crippen LogP contribution in [-0.4, -0.2) is 72.7 Å². The third-order valence-electron chi connectivity index (χ3n) is 1.97. The fourth-order valence-electron chi connectivity index (χ4n) is 1.04. The molecule has 0 aromatic heterocycles. The Morgan fingerprint density at radius 3 is 1.42 bits per heavy atom. The van der Waals surface area contributed by atoms with Gasteiger partial charge in [0.15, 0.2) is 6.10 Å². The van der Waals surface area contributed by atoms with Crippen molar-refractivity contribution in [3.8, 4) is 0 Å². The molecule has 0 saturated carbocycles. The van der Waals surface area contributed by atoms with E-state index < -0.39 is 36.1 Å². The lowest BCUT2D eigenvalue weighted by Gasteiger charge is -2.13. The topological polar surface area (TPSA) is 146 Å². The summed E-state index contributed by atoms with van der Waals surface area (Å²) in [6, 6.07) is 0. The second-order valence-corrected chi connectivity index (χ2v) is 4.48. The summed E-state index contributed by atoms with van der Waals surface area (Å²) in [4.78, 5) is 41.2. The first kappa shape index (κ1) is 24.1. The number of esters is 4. The van der Waals surface area contributed by atoms with Gasteiger partial charge in [-0.1, -0.05) is 0 Å². The average Bonchev–Trinajstić information content (AvgIpc) is 2.47. The van der Waals surface area contributed by atoms with Crippen molar-refractivity contribution in [1.82, 2.24) is 0 Å². The van der Waals surface area contributed by atoms with Gasteiger partial charge in [0, 0.05) is 27.7 Å². The monoisotopic (exact) mass is 352 g/mol. The zero-order valence-electron chi connectivity index (χ0n) is 14.1. The molecule has 0 amide bonds. The van der Waals surface area contributed by atoms with E-state index in [1.807, 2.05) is 0 Å². The van der Waals surface area contributed by atoms with Gasteiger partial charge in [-0.05, 0) is 0 Å². The van der Waals surface area contributed by atoms with Crippen LogP contribution in [0.15, 0.2) is 0 Å². The molecule has 1 atom stereocenters. The zero-order valence-corrected chi connectivity index (χ0v) is 14.1. The van der Waals surface area contributed by atoms with Crippen LogP contribution < -0.4 is 0 Å². The summed E-state index contributed by atoms with van der Waals surface area (Å²) in [5.41, 5.74) is 0. The van der Waals surface area contributed by atoms with E-state index in [4.69, 9.17) is 10.2 Å². The molecule has 0 aromatic carbocycles. The quantitative estimate of drug-likeness (QED) is 0.409. The number of carbonyl (C=O) groups excluding carboxylic acids is 4. The molecule has 0 bridgehead atoms. The third kappa shape index (κ3) is 19.8. The molecule has 24 heavy (non-hydrogen) atoms. The minimum Gasteiger partial charge on any atom is -0.463 e. The van der Waals surface area contributed by atoms with Crippen LogP contribution in [0.5, 0.6) is 0 Å². The van der Waals surface area contributed by atoms with E-state index >= 15 is 0 Å². The Balaban J connectivity index is 0. The molecule has 140 valence electrons. The molecule has 0 fully saturated rings. The van der Waals surface area contributed by atoms with Crippen LogP contribution in [0.2, 0.25) is 0 Å². The minimum atomic E-state index is -0.946. The maximum atomic E-state index is 10.4. The van der Waals surface area contributed by atoms with Crippen molar-refractivity contribution in [3.63, 3.8) is 0 Å². The number of rotatable bonds is 8. The minimum absolute atomic E-state index is 0.106. The summed E-state index contributed by atoms with van der Waals surface area (Å²) in [5.74, 6) is -1.93. The summed E-state index contributed by atoms with van der Waals surface area (Å²) >= 11 is 0. The highest BCUT2D eigenvalue weighted by Crippen LogP contribution is 1.93. The fourth-order valence-corrected chi connectivity index (χ4v) is 1.04. The van der Waals surface area contributed by atoms with Gasteiger partial charge in [-0.25, -0.2) is 0 Å². The Morgan fingerprint density at radius 1 is 0.750 bits per heavy atom. The third-order valence-corrected chi connectivity index (χ3v) is 1.97. The number of carbonyl (C=O) groups is 4. The predicted octanol–water partition coefficient (Wildman–Crippen LogP) is -1.05. The fraction of sp³-hybridized carbons (Fsp3) is 0.714. The SMILES string of the molecule is CC(=O)OCC(CO)OC(C)=O.CC(=O)OCC(O)COC(C)=O. The first-order chi connectivity index (χ1) is 11.1. The second kappa shape index (κ2) is 14.4. The van der Waals surface area contributed by atoms with E-state index in [0.29, 0.717) is 0 Å². The van der Waals surface area contributed by atoms with Gasteiger partial charge in [0.1, 0.15) is 25.9 Å². The molecule has 0 spiro atoms. The Morgan fingerprint density at radius 2 is 1.12 bits per heavy atom. The van der Waals surface area contributed by atoms with Crippen molar-refractivity contribution in [3.05, 3.63) is 0 Å². The molecule has 1 unspecified atom stereocenters. The average molecular weight is 352 g/mol. The van der Waals surface area contributed by atoms with Crippen molar-refractivity contribution >= 4 is 23.9 Å². The molecule has 0 radical (unpaired) electrons. The van der Waals surface area contributed by atoms with Crippen molar-refractivity contribution < 1.29 is 48.3 Å². The second-order valence-electron chi connectivity index (χ2n) is 4.48. The molecule has 0 rings (SSSR count). The molecule has 0 aliphatic heterocycles. The molecule has 0 heterocycles. The predicted molar refractivity (Wildman–Crippen MR) is 78.5 cm³/mol. The van der Waals surface area contributed by atoms with Crippen LogP contribution in [0.4, 0.5) is 0 Å². The lowest BCUT2D eigenvalue weighted by Crippen LogP contribution is -2.26. The van der Waals surface area contributed by atoms with Crippen LogP contribution in [0.1, 0.15) is 27.7 Å². The van der Waals surface area contributed by atoms with Crippen LogP contribution in [0, 0.1) is 0 Å². The Bertz CT molecular complexity index is 388. The van der Waals surface area contributed by atoms with Gasteiger partial charge in [0.2, 0.25) is 0 Å². The van der Waals surface area contributed by atoms with Gasteiger partial charge in [0.25, 0.3) is 0 Å². The molecule has 0 saturated heterocycles. The molecule has 10 heteroatoms. The molecule has 0 aliphatic rings. The van der Waals surface area contributed by atoms with Crippen molar-refractivity contribution in [2.75, 3.05) is 26.4 Å². The van der Waals surface area contributed by atoms with Crippen LogP contribution in [-0.2, 0) is 38.1 Å². The highest BCUT2D eigenvalue weighted by molar-refractivity contribution is 5.67. The van der Waals surface area contributed by atoms with E-state index in [9.17, 15) is 19.2 Å². The van der Waals surface area contributed by atoms with E-state index in [2.05, 4.69) is 18.9 Å². The van der Waals surface area contributed by atoms with Gasteiger partial charge in [-0.3, -0.25) is 19.2 Å². The maximum absolute atomic E-state index is 10.4. The Hall–Kier alpha value is -2.20. The standard InChI is InChI=1S/2C7H12O5/c1-5(8)11-3-7(10)4-12-6(2)9;1-5(9)11-4-7(3-8)12-6(2)10/h7,10H,3-4H2,1-2H3;7-8H,3-4H2,1-2H3. The van der Waals surface area contributed by atoms with E-state index in [1.165, 1.54) is 27.7 Å². The van der Waals surface area contributed by atoms with Gasteiger partial charge >= 0.3 is 23.9 Å². The summed E-state index contributed by atoms with van der Waals surface area (Å²) < 4.78 is 18.0. The molecular weight excluding hydrogens is 328 g/mol. The van der Waals surface area contributed by atoms with E-state index in [0.717, 1.165) is 0 Å². The number of ether oxygens (including phenoxy) is 4. The van der Waals surface area contributed by atoms with Gasteiger partial charge in [-0.15, -0.1) is 0 Å². The Kier molecular flexibility index (Phi) is 14.4. The first-order valence-corrected chi connectivity index (χ1v) is 6.94. The summed E-state index contributed by atoms with van der Waals surface area (Å²) in [5, 5.41) is 17.6. The highest BCUT2D eigenvalue weighted by atomic mass is 16.6. The van der Waals surface area contributed by atoms with Crippen molar-refractivity contribution in [2.45, 2.75) is 39.9 Å². The largest absolute Gasteiger partial charge is 0.463 e. The van der Waals surface area contributed by atoms with E-state index in [-0.39, 0.29) is 26.4 Å². The smallest absolute Gasteiger partial charge is 0.303 e. The number of hydrogen-bond acceptors (Lipinski definition) is 10. The Labute approximate surface area is 139 Å². The van der Waals surface area contributed by atoms with Crippen LogP contribution in [0.25, 0.3) is 0 Å². The van der Waals surface area contributed by atoms with Crippen molar-refractivity contribution in [2.24, 2.45) is 0 Å². The normalized spacial score (nSPS) is 10.8. The molecule has 10 nitrogen and oxygen atoms in total. The number of aliphatic hydroxyl groups excluding tert-OH is 2. The molecular formula is C14H24O10. The van der Waals surface area contributed by atoms with E-state index in [1.54, 1.807) is 0 Å². The molecule has 0 aliphatic carbocycles. The van der Waals surface area contributed by atoms with Crippen molar-refractivity contribution in [1.29, 1.82) is 0 Å². The first-order valence-electron chi connectivity index (χ1n) is 6.94. The summed E-state index contributed by atoms with van der Waals surface area (Å²) in [7, 11) is 0. The lowest BCUT2D eigenvalue weighted by molar-refractivity contribution is -0.158. The lowest BCUT2D eigenvalue weighted by atomic mass is 10.4. The number of aliphatic hydroxyl groups is 2. The van der Waals surface area contributed by atoms with Crippen LogP contribution in [0.3, 0.4) is 0 Å². The van der Waals surface area contributed by atoms with Gasteiger partial charge < -0.3 is 29.2 Å². The van der Waals surface area contributed by atoms with Gasteiger partial charge in [-0.2, -0.15) is 0 Å². The summed E-state index contributed by atoms with van der Waals surface area (Å²) in [6.07, 6.45) is -1.70.